The van der Waals surface area contributed by atoms with Crippen LogP contribution in [0.3, 0.4) is 0 Å². The zero-order valence-corrected chi connectivity index (χ0v) is 13.2. The van der Waals surface area contributed by atoms with Gasteiger partial charge in [-0.15, -0.1) is 0 Å². The Morgan fingerprint density at radius 3 is 2.42 bits per heavy atom. The van der Waals surface area contributed by atoms with Crippen LogP contribution >= 0.6 is 0 Å². The summed E-state index contributed by atoms with van der Waals surface area (Å²) in [6.07, 6.45) is 4.44. The third-order valence-corrected chi connectivity index (χ3v) is 3.12. The Balaban J connectivity index is 2.59. The summed E-state index contributed by atoms with van der Waals surface area (Å²) >= 11 is 0. The molecule has 0 bridgehead atoms. The second-order valence-corrected chi connectivity index (χ2v) is 6.06. The monoisotopic (exact) mass is 263 g/mol. The van der Waals surface area contributed by atoms with E-state index in [2.05, 4.69) is 62.0 Å². The van der Waals surface area contributed by atoms with Gasteiger partial charge in [0, 0.05) is 31.4 Å². The van der Waals surface area contributed by atoms with Crippen molar-refractivity contribution < 1.29 is 0 Å². The van der Waals surface area contributed by atoms with Crippen LogP contribution in [0.4, 0.5) is 5.82 Å². The molecule has 1 heterocycles. The molecule has 0 amide bonds. The standard InChI is InChI=1S/C16H29N3/c1-6-8-11-19(7-2)15-10-9-14(12-17-15)13-18-16(3,4)5/h9-10,12,18H,6-8,11,13H2,1-5H3. The van der Waals surface area contributed by atoms with Crippen LogP contribution in [0.5, 0.6) is 0 Å². The maximum atomic E-state index is 4.59. The van der Waals surface area contributed by atoms with E-state index in [-0.39, 0.29) is 5.54 Å². The lowest BCUT2D eigenvalue weighted by molar-refractivity contribution is 0.424. The predicted octanol–water partition coefficient (Wildman–Crippen LogP) is 3.60. The van der Waals surface area contributed by atoms with Crippen molar-refractivity contribution in [3.63, 3.8) is 0 Å². The van der Waals surface area contributed by atoms with E-state index in [4.69, 9.17) is 0 Å². The van der Waals surface area contributed by atoms with Crippen molar-refractivity contribution in [3.8, 4) is 0 Å². The highest BCUT2D eigenvalue weighted by molar-refractivity contribution is 5.39. The van der Waals surface area contributed by atoms with Gasteiger partial charge in [0.05, 0.1) is 0 Å². The summed E-state index contributed by atoms with van der Waals surface area (Å²) in [5.74, 6) is 1.09. The minimum absolute atomic E-state index is 0.148. The van der Waals surface area contributed by atoms with Crippen LogP contribution in [0.15, 0.2) is 18.3 Å². The van der Waals surface area contributed by atoms with Gasteiger partial charge in [0.2, 0.25) is 0 Å². The molecule has 0 aliphatic carbocycles. The van der Waals surface area contributed by atoms with Crippen molar-refractivity contribution in [2.45, 2.75) is 59.5 Å². The van der Waals surface area contributed by atoms with Crippen LogP contribution in [0.25, 0.3) is 0 Å². The molecule has 0 aliphatic heterocycles. The normalized spacial score (nSPS) is 11.6. The lowest BCUT2D eigenvalue weighted by Crippen LogP contribution is -2.35. The molecule has 0 atom stereocenters. The summed E-state index contributed by atoms with van der Waals surface area (Å²) in [6.45, 7) is 13.9. The number of pyridine rings is 1. The zero-order chi connectivity index (χ0) is 14.3. The van der Waals surface area contributed by atoms with E-state index in [1.807, 2.05) is 6.20 Å². The topological polar surface area (TPSA) is 28.2 Å². The van der Waals surface area contributed by atoms with E-state index in [0.717, 1.165) is 25.5 Å². The minimum atomic E-state index is 0.148. The minimum Gasteiger partial charge on any atom is -0.357 e. The molecule has 108 valence electrons. The molecule has 19 heavy (non-hydrogen) atoms. The largest absolute Gasteiger partial charge is 0.357 e. The molecule has 1 N–H and O–H groups in total. The fraction of sp³-hybridized carbons (Fsp3) is 0.688. The molecule has 0 fully saturated rings. The van der Waals surface area contributed by atoms with Gasteiger partial charge in [-0.3, -0.25) is 0 Å². The maximum absolute atomic E-state index is 4.59. The number of nitrogens with zero attached hydrogens (tertiary/aromatic N) is 2. The maximum Gasteiger partial charge on any atom is 0.128 e. The molecule has 0 spiro atoms. The van der Waals surface area contributed by atoms with Gasteiger partial charge in [-0.2, -0.15) is 0 Å². The lowest BCUT2D eigenvalue weighted by Gasteiger charge is -2.23. The summed E-state index contributed by atoms with van der Waals surface area (Å²) in [7, 11) is 0. The molecule has 0 unspecified atom stereocenters. The molecule has 0 aromatic carbocycles. The van der Waals surface area contributed by atoms with Crippen molar-refractivity contribution in [3.05, 3.63) is 23.9 Å². The van der Waals surface area contributed by atoms with E-state index < -0.39 is 0 Å². The van der Waals surface area contributed by atoms with Crippen LogP contribution in [0.2, 0.25) is 0 Å². The van der Waals surface area contributed by atoms with Gasteiger partial charge >= 0.3 is 0 Å². The van der Waals surface area contributed by atoms with Crippen molar-refractivity contribution in [1.82, 2.24) is 10.3 Å². The summed E-state index contributed by atoms with van der Waals surface area (Å²) in [6, 6.07) is 4.31. The molecule has 1 rings (SSSR count). The average molecular weight is 263 g/mol. The van der Waals surface area contributed by atoms with Crippen molar-refractivity contribution in [2.24, 2.45) is 0 Å². The fourth-order valence-corrected chi connectivity index (χ4v) is 1.86. The van der Waals surface area contributed by atoms with Gasteiger partial charge < -0.3 is 10.2 Å². The summed E-state index contributed by atoms with van der Waals surface area (Å²) < 4.78 is 0. The Morgan fingerprint density at radius 1 is 1.21 bits per heavy atom. The van der Waals surface area contributed by atoms with Gasteiger partial charge in [0.15, 0.2) is 0 Å². The van der Waals surface area contributed by atoms with Crippen molar-refractivity contribution in [2.75, 3.05) is 18.0 Å². The van der Waals surface area contributed by atoms with E-state index in [9.17, 15) is 0 Å². The average Bonchev–Trinajstić information content (AvgIpc) is 2.38. The predicted molar refractivity (Wildman–Crippen MR) is 83.6 cm³/mol. The van der Waals surface area contributed by atoms with Gasteiger partial charge in [0.1, 0.15) is 5.82 Å². The molecule has 0 aliphatic rings. The quantitative estimate of drug-likeness (QED) is 0.814. The van der Waals surface area contributed by atoms with Gasteiger partial charge in [0.25, 0.3) is 0 Å². The lowest BCUT2D eigenvalue weighted by atomic mass is 10.1. The second-order valence-electron chi connectivity index (χ2n) is 6.06. The Bertz CT molecular complexity index is 351. The Morgan fingerprint density at radius 2 is 1.95 bits per heavy atom. The van der Waals surface area contributed by atoms with Crippen LogP contribution in [-0.2, 0) is 6.54 Å². The number of rotatable bonds is 7. The Labute approximate surface area is 118 Å². The van der Waals surface area contributed by atoms with Crippen molar-refractivity contribution >= 4 is 5.82 Å². The second kappa shape index (κ2) is 7.49. The summed E-state index contributed by atoms with van der Waals surface area (Å²) in [5.41, 5.74) is 1.39. The third kappa shape index (κ3) is 6.06. The number of unbranched alkanes of at least 4 members (excludes halogenated alkanes) is 1. The zero-order valence-electron chi connectivity index (χ0n) is 13.2. The number of hydrogen-bond acceptors (Lipinski definition) is 3. The van der Waals surface area contributed by atoms with Gasteiger partial charge in [-0.25, -0.2) is 4.98 Å². The van der Waals surface area contributed by atoms with E-state index in [1.165, 1.54) is 18.4 Å². The molecule has 1 aromatic heterocycles. The molecule has 3 heteroatoms. The number of nitrogens with one attached hydrogen (secondary N) is 1. The third-order valence-electron chi connectivity index (χ3n) is 3.12. The highest BCUT2D eigenvalue weighted by Gasteiger charge is 2.09. The van der Waals surface area contributed by atoms with Gasteiger partial charge in [-0.1, -0.05) is 19.4 Å². The summed E-state index contributed by atoms with van der Waals surface area (Å²) in [4.78, 5) is 6.93. The van der Waals surface area contributed by atoms with Crippen LogP contribution in [0, 0.1) is 0 Å². The highest BCUT2D eigenvalue weighted by Crippen LogP contribution is 2.12. The first-order valence-electron chi connectivity index (χ1n) is 7.41. The van der Waals surface area contributed by atoms with E-state index in [1.54, 1.807) is 0 Å². The molecule has 0 radical (unpaired) electrons. The van der Waals surface area contributed by atoms with Gasteiger partial charge in [-0.05, 0) is 45.7 Å². The number of anilines is 1. The molecule has 0 saturated carbocycles. The smallest absolute Gasteiger partial charge is 0.128 e. The number of hydrogen-bond donors (Lipinski definition) is 1. The Hall–Kier alpha value is -1.09. The fourth-order valence-electron chi connectivity index (χ4n) is 1.86. The summed E-state index contributed by atoms with van der Waals surface area (Å²) in [5, 5.41) is 3.48. The first-order chi connectivity index (χ1) is 8.96. The Kier molecular flexibility index (Phi) is 6.29. The first kappa shape index (κ1) is 16.0. The molecular weight excluding hydrogens is 234 g/mol. The molecule has 1 aromatic rings. The van der Waals surface area contributed by atoms with Crippen LogP contribution in [0.1, 0.15) is 53.0 Å². The van der Waals surface area contributed by atoms with Crippen LogP contribution < -0.4 is 10.2 Å². The highest BCUT2D eigenvalue weighted by atomic mass is 15.2. The first-order valence-corrected chi connectivity index (χ1v) is 7.41. The molecule has 0 saturated heterocycles. The van der Waals surface area contributed by atoms with E-state index >= 15 is 0 Å². The van der Waals surface area contributed by atoms with E-state index in [0.29, 0.717) is 0 Å². The SMILES string of the molecule is CCCCN(CC)c1ccc(CNC(C)(C)C)cn1. The van der Waals surface area contributed by atoms with Crippen molar-refractivity contribution in [1.29, 1.82) is 0 Å². The van der Waals surface area contributed by atoms with Crippen LogP contribution in [-0.4, -0.2) is 23.6 Å². The molecular formula is C16H29N3. The molecule has 3 nitrogen and oxygen atoms in total. The number of aromatic nitrogens is 1.